The Kier molecular flexibility index (Phi) is 4.13. The number of nitrogens with zero attached hydrogens (tertiary/aromatic N) is 1. The molecule has 0 radical (unpaired) electrons. The molecule has 1 rings (SSSR count). The molecule has 0 aliphatic carbocycles. The molecular weight excluding hydrogens is 150 g/mol. The minimum absolute atomic E-state index is 0.397. The van der Waals surface area contributed by atoms with Crippen molar-refractivity contribution in [2.45, 2.75) is 26.4 Å². The van der Waals surface area contributed by atoms with Crippen LogP contribution in [0.25, 0.3) is 0 Å². The van der Waals surface area contributed by atoms with Gasteiger partial charge in [0.05, 0.1) is 12.7 Å². The van der Waals surface area contributed by atoms with E-state index in [2.05, 4.69) is 23.7 Å². The molecule has 0 amide bonds. The smallest absolute Gasteiger partial charge is 0.0674 e. The minimum Gasteiger partial charge on any atom is -0.376 e. The summed E-state index contributed by atoms with van der Waals surface area (Å²) in [5.41, 5.74) is 0. The van der Waals surface area contributed by atoms with E-state index in [1.807, 2.05) is 6.92 Å². The molecule has 0 aromatic rings. The zero-order valence-electron chi connectivity index (χ0n) is 7.97. The molecule has 1 fully saturated rings. The second kappa shape index (κ2) is 5.18. The Balaban J connectivity index is 2.17. The zero-order chi connectivity index (χ0) is 8.81. The Morgan fingerprint density at radius 3 is 3.08 bits per heavy atom. The molecule has 2 nitrogen and oxygen atoms in total. The van der Waals surface area contributed by atoms with Crippen LogP contribution in [0.2, 0.25) is 0 Å². The van der Waals surface area contributed by atoms with E-state index in [-0.39, 0.29) is 0 Å². The van der Waals surface area contributed by atoms with Crippen LogP contribution >= 0.6 is 0 Å². The molecule has 1 aliphatic heterocycles. The lowest BCUT2D eigenvalue weighted by Crippen LogP contribution is -2.41. The fourth-order valence-electron chi connectivity index (χ4n) is 1.43. The maximum absolute atomic E-state index is 5.44. The lowest BCUT2D eigenvalue weighted by atomic mass is 10.3. The van der Waals surface area contributed by atoms with Gasteiger partial charge in [-0.3, -0.25) is 4.90 Å². The summed E-state index contributed by atoms with van der Waals surface area (Å²) in [7, 11) is 0. The summed E-state index contributed by atoms with van der Waals surface area (Å²) >= 11 is 0. The largest absolute Gasteiger partial charge is 0.376 e. The molecule has 2 heteroatoms. The van der Waals surface area contributed by atoms with E-state index in [0.29, 0.717) is 6.10 Å². The fourth-order valence-corrected chi connectivity index (χ4v) is 1.43. The van der Waals surface area contributed by atoms with Gasteiger partial charge in [0.2, 0.25) is 0 Å². The molecule has 1 heterocycles. The van der Waals surface area contributed by atoms with E-state index in [0.717, 1.165) is 32.7 Å². The zero-order valence-corrected chi connectivity index (χ0v) is 7.97. The van der Waals surface area contributed by atoms with E-state index in [1.165, 1.54) is 0 Å². The third-order valence-electron chi connectivity index (χ3n) is 2.06. The summed E-state index contributed by atoms with van der Waals surface area (Å²) in [5, 5.41) is 0. The van der Waals surface area contributed by atoms with Crippen LogP contribution in [0.4, 0.5) is 0 Å². The third-order valence-corrected chi connectivity index (χ3v) is 2.06. The number of morpholine rings is 1. The first-order valence-electron chi connectivity index (χ1n) is 4.56. The van der Waals surface area contributed by atoms with Gasteiger partial charge in [0.1, 0.15) is 0 Å². The number of ether oxygens (including phenoxy) is 1. The molecule has 0 aromatic heterocycles. The van der Waals surface area contributed by atoms with Gasteiger partial charge in [-0.05, 0) is 13.8 Å². The topological polar surface area (TPSA) is 12.5 Å². The van der Waals surface area contributed by atoms with Crippen molar-refractivity contribution in [2.75, 3.05) is 26.2 Å². The van der Waals surface area contributed by atoms with Gasteiger partial charge in [-0.2, -0.15) is 0 Å². The van der Waals surface area contributed by atoms with Crippen molar-refractivity contribution in [3.05, 3.63) is 0 Å². The molecule has 1 saturated heterocycles. The predicted octanol–water partition coefficient (Wildman–Crippen LogP) is 1.12. The Labute approximate surface area is 74.9 Å². The van der Waals surface area contributed by atoms with Gasteiger partial charge < -0.3 is 4.74 Å². The molecule has 0 aromatic carbocycles. The summed E-state index contributed by atoms with van der Waals surface area (Å²) < 4.78 is 5.44. The summed E-state index contributed by atoms with van der Waals surface area (Å²) in [6.07, 6.45) is 1.39. The first-order chi connectivity index (χ1) is 5.83. The van der Waals surface area contributed by atoms with Crippen molar-refractivity contribution in [1.29, 1.82) is 0 Å². The quantitative estimate of drug-likeness (QED) is 0.571. The molecule has 1 atom stereocenters. The van der Waals surface area contributed by atoms with Crippen LogP contribution in [-0.4, -0.2) is 37.2 Å². The number of hydrogen-bond acceptors (Lipinski definition) is 2. The van der Waals surface area contributed by atoms with Crippen LogP contribution in [0.15, 0.2) is 0 Å². The van der Waals surface area contributed by atoms with Crippen LogP contribution in [-0.2, 0) is 4.74 Å². The minimum atomic E-state index is 0.397. The van der Waals surface area contributed by atoms with Crippen molar-refractivity contribution < 1.29 is 4.74 Å². The van der Waals surface area contributed by atoms with E-state index in [4.69, 9.17) is 4.74 Å². The normalized spacial score (nSPS) is 24.7. The molecule has 0 spiro atoms. The van der Waals surface area contributed by atoms with Gasteiger partial charge in [0, 0.05) is 26.1 Å². The second-order valence-corrected chi connectivity index (χ2v) is 3.16. The third kappa shape index (κ3) is 3.25. The van der Waals surface area contributed by atoms with Gasteiger partial charge >= 0.3 is 0 Å². The van der Waals surface area contributed by atoms with Crippen molar-refractivity contribution in [3.63, 3.8) is 0 Å². The Morgan fingerprint density at radius 1 is 1.58 bits per heavy atom. The highest BCUT2D eigenvalue weighted by atomic mass is 16.5. The van der Waals surface area contributed by atoms with Crippen LogP contribution < -0.4 is 0 Å². The van der Waals surface area contributed by atoms with E-state index in [1.54, 1.807) is 0 Å². The van der Waals surface area contributed by atoms with Gasteiger partial charge in [-0.25, -0.2) is 0 Å². The van der Waals surface area contributed by atoms with Crippen molar-refractivity contribution in [1.82, 2.24) is 4.90 Å². The Hall–Kier alpha value is -0.520. The van der Waals surface area contributed by atoms with Crippen molar-refractivity contribution >= 4 is 0 Å². The van der Waals surface area contributed by atoms with Gasteiger partial charge in [0.25, 0.3) is 0 Å². The maximum atomic E-state index is 5.44. The molecule has 0 saturated carbocycles. The Bertz CT molecular complexity index is 180. The second-order valence-electron chi connectivity index (χ2n) is 3.16. The standard InChI is InChI=1S/C10H17NO/c1-3-4-5-6-11-7-8-12-10(2)9-11/h10H,5-9H2,1-2H3/t10-/m1/s1. The maximum Gasteiger partial charge on any atom is 0.0674 e. The molecule has 0 bridgehead atoms. The SMILES string of the molecule is CC#CCCN1CCO[C@H](C)C1. The molecular formula is C10H17NO. The van der Waals surface area contributed by atoms with Gasteiger partial charge in [0.15, 0.2) is 0 Å². The van der Waals surface area contributed by atoms with Crippen LogP contribution in [0.3, 0.4) is 0 Å². The lowest BCUT2D eigenvalue weighted by molar-refractivity contribution is -0.0173. The summed E-state index contributed by atoms with van der Waals surface area (Å²) in [4.78, 5) is 2.42. The van der Waals surface area contributed by atoms with Crippen LogP contribution in [0.5, 0.6) is 0 Å². The van der Waals surface area contributed by atoms with E-state index in [9.17, 15) is 0 Å². The molecule has 68 valence electrons. The van der Waals surface area contributed by atoms with Crippen LogP contribution in [0.1, 0.15) is 20.3 Å². The molecule has 1 aliphatic rings. The summed E-state index contributed by atoms with van der Waals surface area (Å²) in [6, 6.07) is 0. The Morgan fingerprint density at radius 2 is 2.42 bits per heavy atom. The molecule has 0 N–H and O–H groups in total. The van der Waals surface area contributed by atoms with Gasteiger partial charge in [-0.15, -0.1) is 11.8 Å². The van der Waals surface area contributed by atoms with Gasteiger partial charge in [-0.1, -0.05) is 0 Å². The molecule has 12 heavy (non-hydrogen) atoms. The number of hydrogen-bond donors (Lipinski definition) is 0. The predicted molar refractivity (Wildman–Crippen MR) is 49.9 cm³/mol. The highest BCUT2D eigenvalue weighted by Crippen LogP contribution is 2.03. The highest BCUT2D eigenvalue weighted by molar-refractivity contribution is 4.95. The van der Waals surface area contributed by atoms with Crippen molar-refractivity contribution in [3.8, 4) is 11.8 Å². The summed E-state index contributed by atoms with van der Waals surface area (Å²) in [5.74, 6) is 5.99. The van der Waals surface area contributed by atoms with Crippen LogP contribution in [0, 0.1) is 11.8 Å². The van der Waals surface area contributed by atoms with E-state index < -0.39 is 0 Å². The average Bonchev–Trinajstić information content (AvgIpc) is 2.05. The highest BCUT2D eigenvalue weighted by Gasteiger charge is 2.14. The fraction of sp³-hybridized carbons (Fsp3) is 0.800. The first-order valence-corrected chi connectivity index (χ1v) is 4.56. The lowest BCUT2D eigenvalue weighted by Gasteiger charge is -2.30. The monoisotopic (exact) mass is 167 g/mol. The summed E-state index contributed by atoms with van der Waals surface area (Å²) in [6.45, 7) is 8.11. The van der Waals surface area contributed by atoms with Crippen molar-refractivity contribution in [2.24, 2.45) is 0 Å². The average molecular weight is 167 g/mol. The number of rotatable bonds is 2. The van der Waals surface area contributed by atoms with E-state index >= 15 is 0 Å². The molecule has 0 unspecified atom stereocenters. The first kappa shape index (κ1) is 9.57.